The molecule has 9 heteroatoms. The first-order valence-corrected chi connectivity index (χ1v) is 9.07. The zero-order valence-electron chi connectivity index (χ0n) is 15.2. The van der Waals surface area contributed by atoms with E-state index in [0.717, 1.165) is 17.7 Å². The molecule has 1 saturated heterocycles. The third-order valence-electron chi connectivity index (χ3n) is 5.04. The van der Waals surface area contributed by atoms with Crippen LogP contribution in [0.2, 0.25) is 0 Å². The number of nitrogens with one attached hydrogen (secondary N) is 1. The molecule has 1 aliphatic carbocycles. The topological polar surface area (TPSA) is 136 Å². The summed E-state index contributed by atoms with van der Waals surface area (Å²) in [4.78, 5) is 60.5. The number of nitrogens with two attached hydrogens (primary N) is 1. The van der Waals surface area contributed by atoms with Crippen LogP contribution in [0.5, 0.6) is 0 Å². The van der Waals surface area contributed by atoms with Gasteiger partial charge in [0.1, 0.15) is 6.54 Å². The molecule has 4 amide bonds. The van der Waals surface area contributed by atoms with Crippen LogP contribution >= 0.6 is 0 Å². The van der Waals surface area contributed by atoms with Crippen molar-refractivity contribution < 1.29 is 28.7 Å². The lowest BCUT2D eigenvalue weighted by molar-refractivity contribution is -0.154. The molecule has 0 spiro atoms. The van der Waals surface area contributed by atoms with Gasteiger partial charge in [-0.05, 0) is 37.1 Å². The fraction of sp³-hybridized carbons (Fsp3) is 0.421. The molecular formula is C19H21N3O6. The van der Waals surface area contributed by atoms with Gasteiger partial charge >= 0.3 is 5.97 Å². The maximum absolute atomic E-state index is 12.3. The number of esters is 1. The molecule has 1 heterocycles. The lowest BCUT2D eigenvalue weighted by Crippen LogP contribution is -2.37. The van der Waals surface area contributed by atoms with Crippen molar-refractivity contribution in [1.82, 2.24) is 4.90 Å². The number of imide groups is 1. The van der Waals surface area contributed by atoms with E-state index in [4.69, 9.17) is 10.5 Å². The van der Waals surface area contributed by atoms with E-state index in [-0.39, 0.29) is 23.7 Å². The number of fused-ring (bicyclic) bond motifs is 1. The van der Waals surface area contributed by atoms with Crippen LogP contribution in [0.1, 0.15) is 36.0 Å². The summed E-state index contributed by atoms with van der Waals surface area (Å²) >= 11 is 0. The van der Waals surface area contributed by atoms with Crippen LogP contribution in [-0.4, -0.2) is 47.6 Å². The maximum Gasteiger partial charge on any atom is 0.326 e. The first kappa shape index (κ1) is 19.5. The number of carbonyl (C=O) groups excluding carboxylic acids is 5. The zero-order valence-corrected chi connectivity index (χ0v) is 15.2. The molecule has 0 aromatic heterocycles. The van der Waals surface area contributed by atoms with Crippen molar-refractivity contribution in [2.24, 2.45) is 17.6 Å². The van der Waals surface area contributed by atoms with Crippen LogP contribution in [-0.2, 0) is 23.9 Å². The van der Waals surface area contributed by atoms with Crippen LogP contribution in [0.3, 0.4) is 0 Å². The summed E-state index contributed by atoms with van der Waals surface area (Å²) in [5, 5.41) is 2.50. The first-order valence-electron chi connectivity index (χ1n) is 9.07. The maximum atomic E-state index is 12.3. The summed E-state index contributed by atoms with van der Waals surface area (Å²) in [5.41, 5.74) is 5.83. The summed E-state index contributed by atoms with van der Waals surface area (Å²) in [7, 11) is 0. The fourth-order valence-electron chi connectivity index (χ4n) is 3.62. The van der Waals surface area contributed by atoms with E-state index in [0.29, 0.717) is 24.1 Å². The highest BCUT2D eigenvalue weighted by Crippen LogP contribution is 2.37. The number of primary amides is 1. The van der Waals surface area contributed by atoms with Crippen LogP contribution in [0, 0.1) is 11.8 Å². The van der Waals surface area contributed by atoms with E-state index in [1.807, 2.05) is 0 Å². The molecule has 0 radical (unpaired) electrons. The van der Waals surface area contributed by atoms with E-state index >= 15 is 0 Å². The van der Waals surface area contributed by atoms with Crippen molar-refractivity contribution in [3.63, 3.8) is 0 Å². The van der Waals surface area contributed by atoms with E-state index < -0.39 is 30.9 Å². The van der Waals surface area contributed by atoms with Crippen LogP contribution in [0.4, 0.5) is 5.69 Å². The minimum absolute atomic E-state index is 0.296. The Balaban J connectivity index is 1.47. The standard InChI is InChI=1S/C19H21N3O6/c20-17(25)11-5-7-12(8-6-11)21-15(23)10-28-16(24)9-22-18(26)13-3-1-2-4-14(13)19(22)27/h5-8,13-14H,1-4,9-10H2,(H2,20,25)(H,21,23). The minimum atomic E-state index is -0.820. The Morgan fingerprint density at radius 2 is 1.61 bits per heavy atom. The lowest BCUT2D eigenvalue weighted by Gasteiger charge is -2.19. The molecule has 1 aliphatic heterocycles. The molecule has 2 atom stereocenters. The van der Waals surface area contributed by atoms with E-state index in [9.17, 15) is 24.0 Å². The van der Waals surface area contributed by atoms with Crippen molar-refractivity contribution in [3.8, 4) is 0 Å². The van der Waals surface area contributed by atoms with Gasteiger partial charge in [-0.3, -0.25) is 28.9 Å². The number of likely N-dealkylation sites (tertiary alicyclic amines) is 1. The number of ether oxygens (including phenoxy) is 1. The number of carbonyl (C=O) groups is 5. The second-order valence-electron chi connectivity index (χ2n) is 6.91. The normalized spacial score (nSPS) is 21.2. The predicted octanol–water partition coefficient (Wildman–Crippen LogP) is 0.442. The Bertz CT molecular complexity index is 795. The molecule has 0 bridgehead atoms. The molecule has 9 nitrogen and oxygen atoms in total. The Hall–Kier alpha value is -3.23. The number of amides is 4. The number of rotatable bonds is 6. The molecule has 1 aromatic rings. The summed E-state index contributed by atoms with van der Waals surface area (Å²) in [6, 6.07) is 5.88. The lowest BCUT2D eigenvalue weighted by atomic mass is 9.81. The molecule has 1 aromatic carbocycles. The number of hydrogen-bond acceptors (Lipinski definition) is 6. The number of nitrogens with zero attached hydrogens (tertiary/aromatic N) is 1. The summed E-state index contributed by atoms with van der Waals surface area (Å²) in [6.45, 7) is -1.04. The molecule has 2 fully saturated rings. The Kier molecular flexibility index (Phi) is 5.72. The SMILES string of the molecule is NC(=O)c1ccc(NC(=O)COC(=O)CN2C(=O)C3CCCCC3C2=O)cc1. The third kappa shape index (κ3) is 4.19. The molecule has 3 rings (SSSR count). The molecule has 1 saturated carbocycles. The Morgan fingerprint density at radius 3 is 2.14 bits per heavy atom. The van der Waals surface area contributed by atoms with Gasteiger partial charge in [0, 0.05) is 11.3 Å². The quantitative estimate of drug-likeness (QED) is 0.537. The van der Waals surface area contributed by atoms with Crippen LogP contribution in [0.15, 0.2) is 24.3 Å². The highest BCUT2D eigenvalue weighted by atomic mass is 16.5. The second-order valence-corrected chi connectivity index (χ2v) is 6.91. The van der Waals surface area contributed by atoms with Gasteiger partial charge in [0.2, 0.25) is 17.7 Å². The Morgan fingerprint density at radius 1 is 1.04 bits per heavy atom. The Labute approximate surface area is 161 Å². The molecule has 2 aliphatic rings. The van der Waals surface area contributed by atoms with Gasteiger partial charge in [0.25, 0.3) is 5.91 Å². The third-order valence-corrected chi connectivity index (χ3v) is 5.04. The highest BCUT2D eigenvalue weighted by Gasteiger charge is 2.48. The van der Waals surface area contributed by atoms with Gasteiger partial charge < -0.3 is 15.8 Å². The average molecular weight is 387 g/mol. The van der Waals surface area contributed by atoms with Crippen molar-refractivity contribution in [2.75, 3.05) is 18.5 Å². The predicted molar refractivity (Wildman–Crippen MR) is 96.7 cm³/mol. The van der Waals surface area contributed by atoms with E-state index in [1.54, 1.807) is 0 Å². The molecule has 148 valence electrons. The smallest absolute Gasteiger partial charge is 0.326 e. The van der Waals surface area contributed by atoms with E-state index in [2.05, 4.69) is 5.32 Å². The second kappa shape index (κ2) is 8.20. The van der Waals surface area contributed by atoms with Gasteiger partial charge in [0.15, 0.2) is 6.61 Å². The zero-order chi connectivity index (χ0) is 20.3. The van der Waals surface area contributed by atoms with Crippen molar-refractivity contribution in [3.05, 3.63) is 29.8 Å². The fourth-order valence-corrected chi connectivity index (χ4v) is 3.62. The van der Waals surface area contributed by atoms with Gasteiger partial charge in [-0.2, -0.15) is 0 Å². The van der Waals surface area contributed by atoms with Gasteiger partial charge in [-0.25, -0.2) is 0 Å². The largest absolute Gasteiger partial charge is 0.454 e. The van der Waals surface area contributed by atoms with Gasteiger partial charge in [0.05, 0.1) is 11.8 Å². The monoisotopic (exact) mass is 387 g/mol. The summed E-state index contributed by atoms with van der Waals surface area (Å²) in [6.07, 6.45) is 3.13. The number of benzene rings is 1. The molecule has 2 unspecified atom stereocenters. The van der Waals surface area contributed by atoms with E-state index in [1.165, 1.54) is 24.3 Å². The molecular weight excluding hydrogens is 366 g/mol. The average Bonchev–Trinajstić information content (AvgIpc) is 2.92. The van der Waals surface area contributed by atoms with Crippen LogP contribution in [0.25, 0.3) is 0 Å². The van der Waals surface area contributed by atoms with Gasteiger partial charge in [-0.15, -0.1) is 0 Å². The van der Waals surface area contributed by atoms with Gasteiger partial charge in [-0.1, -0.05) is 12.8 Å². The number of anilines is 1. The van der Waals surface area contributed by atoms with Crippen molar-refractivity contribution >= 4 is 35.3 Å². The molecule has 28 heavy (non-hydrogen) atoms. The first-order chi connectivity index (χ1) is 13.4. The van der Waals surface area contributed by atoms with Crippen molar-refractivity contribution in [2.45, 2.75) is 25.7 Å². The van der Waals surface area contributed by atoms with Crippen molar-refractivity contribution in [1.29, 1.82) is 0 Å². The number of hydrogen-bond donors (Lipinski definition) is 2. The highest BCUT2D eigenvalue weighted by molar-refractivity contribution is 6.07. The summed E-state index contributed by atoms with van der Waals surface area (Å²) < 4.78 is 4.88. The summed E-state index contributed by atoms with van der Waals surface area (Å²) in [5.74, 6) is -3.32. The van der Waals surface area contributed by atoms with Crippen LogP contribution < -0.4 is 11.1 Å². The minimum Gasteiger partial charge on any atom is -0.454 e. The molecule has 3 N–H and O–H groups in total.